The Morgan fingerprint density at radius 2 is 1.96 bits per heavy atom. The van der Waals surface area contributed by atoms with Crippen molar-refractivity contribution in [3.63, 3.8) is 0 Å². The SMILES string of the molecule is c1ccc2c(-c3cc4c5c(c3)[C@H]3CNCC[C@H]3N5CCCS4)cccc2c1. The highest BCUT2D eigenvalue weighted by Gasteiger charge is 2.41. The lowest BCUT2D eigenvalue weighted by atomic mass is 9.88. The standard InChI is InChI=1S/C24H24N2S/c1-2-7-18-16(5-1)6-3-8-19(18)17-13-20-21-15-25-10-9-22(21)26-11-4-12-27-23(14-17)24(20)26/h1-3,5-8,13-14,21-22,25H,4,9-12,15H2/t21-,22-/m1/s1. The number of nitrogens with one attached hydrogen (secondary N) is 1. The Morgan fingerprint density at radius 1 is 1.04 bits per heavy atom. The van der Waals surface area contributed by atoms with Crippen LogP contribution in [0, 0.1) is 0 Å². The molecule has 136 valence electrons. The van der Waals surface area contributed by atoms with E-state index < -0.39 is 0 Å². The van der Waals surface area contributed by atoms with Crippen LogP contribution in [-0.2, 0) is 0 Å². The zero-order chi connectivity index (χ0) is 17.8. The summed E-state index contributed by atoms with van der Waals surface area (Å²) in [7, 11) is 0. The first-order valence-corrected chi connectivity index (χ1v) is 11.1. The minimum Gasteiger partial charge on any atom is -0.367 e. The van der Waals surface area contributed by atoms with Gasteiger partial charge in [0.05, 0.1) is 5.69 Å². The molecule has 2 nitrogen and oxygen atoms in total. The zero-order valence-corrected chi connectivity index (χ0v) is 16.3. The van der Waals surface area contributed by atoms with Crippen LogP contribution in [0.15, 0.2) is 59.5 Å². The second kappa shape index (κ2) is 6.29. The van der Waals surface area contributed by atoms with E-state index in [1.807, 2.05) is 0 Å². The molecule has 3 heteroatoms. The van der Waals surface area contributed by atoms with Gasteiger partial charge >= 0.3 is 0 Å². The average molecular weight is 373 g/mol. The van der Waals surface area contributed by atoms with Gasteiger partial charge in [0.25, 0.3) is 0 Å². The summed E-state index contributed by atoms with van der Waals surface area (Å²) in [6.45, 7) is 3.50. The molecule has 3 aromatic carbocycles. The highest BCUT2D eigenvalue weighted by molar-refractivity contribution is 7.99. The molecule has 1 fully saturated rings. The van der Waals surface area contributed by atoms with Crippen LogP contribution in [0.25, 0.3) is 21.9 Å². The van der Waals surface area contributed by atoms with E-state index >= 15 is 0 Å². The Hall–Kier alpha value is -1.97. The first-order chi connectivity index (χ1) is 13.4. The van der Waals surface area contributed by atoms with Crippen LogP contribution in [-0.4, -0.2) is 31.4 Å². The maximum absolute atomic E-state index is 3.65. The summed E-state index contributed by atoms with van der Waals surface area (Å²) in [6.07, 6.45) is 2.56. The topological polar surface area (TPSA) is 15.3 Å². The molecule has 0 amide bonds. The first kappa shape index (κ1) is 16.0. The van der Waals surface area contributed by atoms with Crippen molar-refractivity contribution in [3.8, 4) is 11.1 Å². The van der Waals surface area contributed by atoms with Crippen LogP contribution in [0.5, 0.6) is 0 Å². The molecule has 27 heavy (non-hydrogen) atoms. The van der Waals surface area contributed by atoms with Crippen LogP contribution < -0.4 is 10.2 Å². The van der Waals surface area contributed by atoms with Gasteiger partial charge in [-0.25, -0.2) is 0 Å². The van der Waals surface area contributed by atoms with Gasteiger partial charge in [0.15, 0.2) is 0 Å². The smallest absolute Gasteiger partial charge is 0.0544 e. The summed E-state index contributed by atoms with van der Waals surface area (Å²) in [5.74, 6) is 1.87. The van der Waals surface area contributed by atoms with Crippen LogP contribution in [0.2, 0.25) is 0 Å². The highest BCUT2D eigenvalue weighted by Crippen LogP contribution is 2.51. The number of benzene rings is 3. The minimum atomic E-state index is 0.640. The molecule has 0 aromatic heterocycles. The van der Waals surface area contributed by atoms with E-state index in [2.05, 4.69) is 76.6 Å². The third-order valence-electron chi connectivity index (χ3n) is 6.54. The molecule has 0 spiro atoms. The summed E-state index contributed by atoms with van der Waals surface area (Å²) >= 11 is 2.07. The number of fused-ring (bicyclic) bond motifs is 4. The molecule has 0 radical (unpaired) electrons. The van der Waals surface area contributed by atoms with Gasteiger partial charge < -0.3 is 10.2 Å². The lowest BCUT2D eigenvalue weighted by Crippen LogP contribution is -2.44. The second-order valence-corrected chi connectivity index (χ2v) is 9.14. The molecule has 3 aliphatic rings. The van der Waals surface area contributed by atoms with Crippen LogP contribution in [0.1, 0.15) is 24.3 Å². The fourth-order valence-electron chi connectivity index (χ4n) is 5.36. The molecule has 3 aromatic rings. The maximum atomic E-state index is 3.65. The van der Waals surface area contributed by atoms with E-state index in [0.717, 1.165) is 13.1 Å². The fourth-order valence-corrected chi connectivity index (χ4v) is 6.43. The number of hydrogen-bond acceptors (Lipinski definition) is 3. The van der Waals surface area contributed by atoms with Gasteiger partial charge in [0.1, 0.15) is 0 Å². The van der Waals surface area contributed by atoms with E-state index in [-0.39, 0.29) is 0 Å². The van der Waals surface area contributed by atoms with Crippen molar-refractivity contribution in [2.45, 2.75) is 29.7 Å². The lowest BCUT2D eigenvalue weighted by molar-refractivity contribution is 0.403. The molecular weight excluding hydrogens is 348 g/mol. The zero-order valence-electron chi connectivity index (χ0n) is 15.4. The van der Waals surface area contributed by atoms with E-state index in [1.54, 1.807) is 11.3 Å². The molecular formula is C24H24N2S. The number of thioether (sulfide) groups is 1. The summed E-state index contributed by atoms with van der Waals surface area (Å²) in [4.78, 5) is 4.26. The van der Waals surface area contributed by atoms with Crippen molar-refractivity contribution in [1.82, 2.24) is 5.32 Å². The van der Waals surface area contributed by atoms with Crippen molar-refractivity contribution in [2.75, 3.05) is 30.3 Å². The molecule has 0 unspecified atom stereocenters. The molecule has 0 aliphatic carbocycles. The number of nitrogens with zero attached hydrogens (tertiary/aromatic N) is 1. The van der Waals surface area contributed by atoms with E-state index in [4.69, 9.17) is 0 Å². The van der Waals surface area contributed by atoms with Gasteiger partial charge in [-0.1, -0.05) is 42.5 Å². The highest BCUT2D eigenvalue weighted by atomic mass is 32.2. The monoisotopic (exact) mass is 372 g/mol. The molecule has 0 bridgehead atoms. The van der Waals surface area contributed by atoms with Crippen molar-refractivity contribution in [3.05, 3.63) is 60.2 Å². The second-order valence-electron chi connectivity index (χ2n) is 8.00. The number of piperidine rings is 1. The molecule has 1 N–H and O–H groups in total. The predicted octanol–water partition coefficient (Wildman–Crippen LogP) is 5.27. The Morgan fingerprint density at radius 3 is 2.96 bits per heavy atom. The minimum absolute atomic E-state index is 0.640. The van der Waals surface area contributed by atoms with Crippen LogP contribution in [0.3, 0.4) is 0 Å². The Bertz CT molecular complexity index is 1020. The number of rotatable bonds is 1. The Kier molecular flexibility index (Phi) is 3.73. The normalized spacial score (nSPS) is 23.8. The van der Waals surface area contributed by atoms with Crippen molar-refractivity contribution >= 4 is 28.2 Å². The van der Waals surface area contributed by atoms with E-state index in [1.165, 1.54) is 51.9 Å². The molecule has 6 rings (SSSR count). The number of anilines is 1. The fraction of sp³-hybridized carbons (Fsp3) is 0.333. The first-order valence-electron chi connectivity index (χ1n) is 10.2. The Labute approximate surface area is 165 Å². The molecule has 0 saturated carbocycles. The van der Waals surface area contributed by atoms with Crippen molar-refractivity contribution in [2.24, 2.45) is 0 Å². The van der Waals surface area contributed by atoms with Gasteiger partial charge in [-0.05, 0) is 64.7 Å². The number of hydrogen-bond donors (Lipinski definition) is 1. The van der Waals surface area contributed by atoms with Crippen molar-refractivity contribution < 1.29 is 0 Å². The van der Waals surface area contributed by atoms with Crippen LogP contribution >= 0.6 is 11.8 Å². The Balaban J connectivity index is 1.58. The molecule has 1 saturated heterocycles. The van der Waals surface area contributed by atoms with Crippen LogP contribution in [0.4, 0.5) is 5.69 Å². The summed E-state index contributed by atoms with van der Waals surface area (Å²) < 4.78 is 0. The van der Waals surface area contributed by atoms with E-state index in [0.29, 0.717) is 12.0 Å². The molecule has 3 heterocycles. The molecule has 3 aliphatic heterocycles. The van der Waals surface area contributed by atoms with Gasteiger partial charge in [-0.2, -0.15) is 0 Å². The summed E-state index contributed by atoms with van der Waals surface area (Å²) in [5.41, 5.74) is 5.90. The van der Waals surface area contributed by atoms with Gasteiger partial charge in [0, 0.05) is 29.9 Å². The lowest BCUT2D eigenvalue weighted by Gasteiger charge is -2.33. The van der Waals surface area contributed by atoms with Gasteiger partial charge in [-0.3, -0.25) is 0 Å². The van der Waals surface area contributed by atoms with Gasteiger partial charge in [-0.15, -0.1) is 11.8 Å². The largest absolute Gasteiger partial charge is 0.367 e. The summed E-state index contributed by atoms with van der Waals surface area (Å²) in [6, 6.07) is 21.2. The van der Waals surface area contributed by atoms with E-state index in [9.17, 15) is 0 Å². The van der Waals surface area contributed by atoms with Gasteiger partial charge in [0.2, 0.25) is 0 Å². The third-order valence-corrected chi connectivity index (χ3v) is 7.65. The molecule has 2 atom stereocenters. The maximum Gasteiger partial charge on any atom is 0.0544 e. The average Bonchev–Trinajstić information content (AvgIpc) is 2.89. The third kappa shape index (κ3) is 2.45. The quantitative estimate of drug-likeness (QED) is 0.626. The predicted molar refractivity (Wildman–Crippen MR) is 116 cm³/mol. The van der Waals surface area contributed by atoms with Crippen molar-refractivity contribution in [1.29, 1.82) is 0 Å². The summed E-state index contributed by atoms with van der Waals surface area (Å²) in [5, 5.41) is 6.34.